The van der Waals surface area contributed by atoms with E-state index in [4.69, 9.17) is 9.84 Å². The van der Waals surface area contributed by atoms with Crippen LogP contribution in [0.1, 0.15) is 61.4 Å². The lowest BCUT2D eigenvalue weighted by molar-refractivity contribution is 0.0569. The normalized spacial score (nSPS) is 20.4. The summed E-state index contributed by atoms with van der Waals surface area (Å²) in [5.41, 5.74) is 5.46. The summed E-state index contributed by atoms with van der Waals surface area (Å²) in [5, 5.41) is 4.74. The SMILES string of the molecule is CCCn1cc(CN(CC2CCN(Cc3ccccc3C)CC2)C[C@H]2CCCO2)c(C)n1. The summed E-state index contributed by atoms with van der Waals surface area (Å²) in [6.45, 7) is 15.3. The smallest absolute Gasteiger partial charge is 0.0702 e. The molecule has 0 amide bonds. The quantitative estimate of drug-likeness (QED) is 0.533. The molecule has 5 heteroatoms. The average molecular weight is 439 g/mol. The Morgan fingerprint density at radius 2 is 1.88 bits per heavy atom. The van der Waals surface area contributed by atoms with Crippen molar-refractivity contribution in [1.82, 2.24) is 19.6 Å². The van der Waals surface area contributed by atoms with Crippen LogP contribution in [0.2, 0.25) is 0 Å². The third kappa shape index (κ3) is 6.43. The lowest BCUT2D eigenvalue weighted by Crippen LogP contribution is -2.40. The Morgan fingerprint density at radius 1 is 1.06 bits per heavy atom. The summed E-state index contributed by atoms with van der Waals surface area (Å²) in [4.78, 5) is 5.31. The highest BCUT2D eigenvalue weighted by Crippen LogP contribution is 2.24. The first kappa shape index (κ1) is 23.5. The molecule has 2 aromatic rings. The van der Waals surface area contributed by atoms with Gasteiger partial charge in [-0.15, -0.1) is 0 Å². The summed E-state index contributed by atoms with van der Waals surface area (Å²) in [7, 11) is 0. The van der Waals surface area contributed by atoms with Gasteiger partial charge in [-0.2, -0.15) is 5.10 Å². The first-order valence-electron chi connectivity index (χ1n) is 12.7. The summed E-state index contributed by atoms with van der Waals surface area (Å²) in [6, 6.07) is 8.82. The van der Waals surface area contributed by atoms with Gasteiger partial charge in [0.05, 0.1) is 11.8 Å². The molecule has 1 aromatic heterocycles. The fraction of sp³-hybridized carbons (Fsp3) is 0.667. The van der Waals surface area contributed by atoms with Crippen molar-refractivity contribution < 1.29 is 4.74 Å². The number of benzene rings is 1. The van der Waals surface area contributed by atoms with Crippen LogP contribution < -0.4 is 0 Å². The Hall–Kier alpha value is -1.69. The molecule has 2 aliphatic heterocycles. The molecule has 1 aromatic carbocycles. The molecule has 1 atom stereocenters. The van der Waals surface area contributed by atoms with Crippen LogP contribution in [-0.2, 0) is 24.4 Å². The summed E-state index contributed by atoms with van der Waals surface area (Å²) in [6.07, 6.45) is 8.81. The van der Waals surface area contributed by atoms with Crippen molar-refractivity contribution in [3.05, 3.63) is 52.8 Å². The van der Waals surface area contributed by atoms with Crippen LogP contribution in [0.4, 0.5) is 0 Å². The highest BCUT2D eigenvalue weighted by molar-refractivity contribution is 5.25. The second kappa shape index (κ2) is 11.4. The van der Waals surface area contributed by atoms with Gasteiger partial charge in [0.15, 0.2) is 0 Å². The molecule has 3 heterocycles. The van der Waals surface area contributed by atoms with Crippen molar-refractivity contribution in [2.24, 2.45) is 5.92 Å². The van der Waals surface area contributed by atoms with E-state index in [1.807, 2.05) is 0 Å². The first-order chi connectivity index (χ1) is 15.6. The van der Waals surface area contributed by atoms with E-state index < -0.39 is 0 Å². The van der Waals surface area contributed by atoms with Crippen molar-refractivity contribution in [3.63, 3.8) is 0 Å². The summed E-state index contributed by atoms with van der Waals surface area (Å²) in [5.74, 6) is 0.774. The third-order valence-electron chi connectivity index (χ3n) is 7.26. The zero-order chi connectivity index (χ0) is 22.3. The van der Waals surface area contributed by atoms with Crippen LogP contribution in [0.15, 0.2) is 30.5 Å². The maximum Gasteiger partial charge on any atom is 0.0702 e. The monoisotopic (exact) mass is 438 g/mol. The number of aromatic nitrogens is 2. The molecule has 0 saturated carbocycles. The number of nitrogens with zero attached hydrogens (tertiary/aromatic N) is 4. The predicted octanol–water partition coefficient (Wildman–Crippen LogP) is 4.80. The van der Waals surface area contributed by atoms with Crippen molar-refractivity contribution in [1.29, 1.82) is 0 Å². The van der Waals surface area contributed by atoms with E-state index in [1.54, 1.807) is 0 Å². The fourth-order valence-electron chi connectivity index (χ4n) is 5.30. The molecule has 0 spiro atoms. The number of piperidine rings is 1. The van der Waals surface area contributed by atoms with E-state index in [0.29, 0.717) is 6.10 Å². The Balaban J connectivity index is 1.33. The maximum absolute atomic E-state index is 6.01. The summed E-state index contributed by atoms with van der Waals surface area (Å²) < 4.78 is 8.13. The van der Waals surface area contributed by atoms with Crippen LogP contribution in [0.3, 0.4) is 0 Å². The molecule has 0 N–H and O–H groups in total. The zero-order valence-corrected chi connectivity index (χ0v) is 20.4. The molecule has 2 saturated heterocycles. The fourth-order valence-corrected chi connectivity index (χ4v) is 5.30. The molecule has 176 valence electrons. The lowest BCUT2D eigenvalue weighted by atomic mass is 9.95. The molecular formula is C27H42N4O. The van der Waals surface area contributed by atoms with Gasteiger partial charge in [-0.05, 0) is 76.1 Å². The number of likely N-dealkylation sites (tertiary alicyclic amines) is 1. The van der Waals surface area contributed by atoms with E-state index in [1.165, 1.54) is 67.7 Å². The van der Waals surface area contributed by atoms with Crippen LogP contribution in [0.5, 0.6) is 0 Å². The van der Waals surface area contributed by atoms with Gasteiger partial charge in [0.2, 0.25) is 0 Å². The molecule has 4 rings (SSSR count). The molecule has 5 nitrogen and oxygen atoms in total. The van der Waals surface area contributed by atoms with Crippen LogP contribution in [0.25, 0.3) is 0 Å². The Labute approximate surface area is 194 Å². The predicted molar refractivity (Wildman–Crippen MR) is 131 cm³/mol. The van der Waals surface area contributed by atoms with Crippen molar-refractivity contribution >= 4 is 0 Å². The highest BCUT2D eigenvalue weighted by Gasteiger charge is 2.25. The average Bonchev–Trinajstić information content (AvgIpc) is 3.41. The van der Waals surface area contributed by atoms with E-state index in [0.717, 1.165) is 45.1 Å². The number of hydrogen-bond donors (Lipinski definition) is 0. The first-order valence-corrected chi connectivity index (χ1v) is 12.7. The van der Waals surface area contributed by atoms with E-state index in [-0.39, 0.29) is 0 Å². The van der Waals surface area contributed by atoms with E-state index in [2.05, 4.69) is 65.7 Å². The van der Waals surface area contributed by atoms with Crippen LogP contribution >= 0.6 is 0 Å². The second-order valence-electron chi connectivity index (χ2n) is 9.98. The molecule has 2 fully saturated rings. The Kier molecular flexibility index (Phi) is 8.39. The number of hydrogen-bond acceptors (Lipinski definition) is 4. The Bertz CT molecular complexity index is 834. The number of ether oxygens (including phenoxy) is 1. The zero-order valence-electron chi connectivity index (χ0n) is 20.4. The van der Waals surface area contributed by atoms with Crippen molar-refractivity contribution in [3.8, 4) is 0 Å². The molecule has 32 heavy (non-hydrogen) atoms. The standard InChI is InChI=1S/C27H42N4O/c1-4-13-31-20-26(23(3)28-31)19-30(21-27-10-7-16-32-27)17-24-11-14-29(15-12-24)18-25-9-6-5-8-22(25)2/h5-6,8-9,20,24,27H,4,7,10-19,21H2,1-3H3/t27-/m1/s1. The van der Waals surface area contributed by atoms with Gasteiger partial charge in [-0.1, -0.05) is 31.2 Å². The highest BCUT2D eigenvalue weighted by atomic mass is 16.5. The van der Waals surface area contributed by atoms with Gasteiger partial charge in [0.25, 0.3) is 0 Å². The van der Waals surface area contributed by atoms with Gasteiger partial charge in [-0.25, -0.2) is 0 Å². The minimum absolute atomic E-state index is 0.405. The van der Waals surface area contributed by atoms with Gasteiger partial charge in [0, 0.05) is 51.1 Å². The minimum Gasteiger partial charge on any atom is -0.377 e. The van der Waals surface area contributed by atoms with Crippen LogP contribution in [0, 0.1) is 19.8 Å². The molecular weight excluding hydrogens is 396 g/mol. The lowest BCUT2D eigenvalue weighted by Gasteiger charge is -2.35. The molecule has 0 bridgehead atoms. The minimum atomic E-state index is 0.405. The van der Waals surface area contributed by atoms with Gasteiger partial charge in [-0.3, -0.25) is 14.5 Å². The molecule has 0 aliphatic carbocycles. The molecule has 0 unspecified atom stereocenters. The topological polar surface area (TPSA) is 33.5 Å². The number of aryl methyl sites for hydroxylation is 3. The van der Waals surface area contributed by atoms with Gasteiger partial charge < -0.3 is 4.74 Å². The second-order valence-corrected chi connectivity index (χ2v) is 9.98. The molecule has 2 aliphatic rings. The maximum atomic E-state index is 6.01. The van der Waals surface area contributed by atoms with E-state index in [9.17, 15) is 0 Å². The molecule has 0 radical (unpaired) electrons. The number of rotatable bonds is 10. The summed E-state index contributed by atoms with van der Waals surface area (Å²) >= 11 is 0. The largest absolute Gasteiger partial charge is 0.377 e. The van der Waals surface area contributed by atoms with Crippen molar-refractivity contribution in [2.45, 2.75) is 78.6 Å². The van der Waals surface area contributed by atoms with E-state index >= 15 is 0 Å². The third-order valence-corrected chi connectivity index (χ3v) is 7.26. The van der Waals surface area contributed by atoms with Crippen molar-refractivity contribution in [2.75, 3.05) is 32.8 Å². The Morgan fingerprint density at radius 3 is 2.59 bits per heavy atom. The van der Waals surface area contributed by atoms with Crippen LogP contribution in [-0.4, -0.2) is 58.5 Å². The van der Waals surface area contributed by atoms with Gasteiger partial charge in [0.1, 0.15) is 0 Å². The van der Waals surface area contributed by atoms with Gasteiger partial charge >= 0.3 is 0 Å².